The Hall–Kier alpha value is 0.0531. The molecule has 19 heavy (non-hydrogen) atoms. The molecule has 3 nitrogen and oxygen atoms in total. The van der Waals surface area contributed by atoms with Gasteiger partial charge >= 0.3 is 5.78 Å². The van der Waals surface area contributed by atoms with Gasteiger partial charge in [0.25, 0.3) is 0 Å². The molecular weight excluding hydrogens is 319 g/mol. The zero-order valence-electron chi connectivity index (χ0n) is 13.5. The van der Waals surface area contributed by atoms with E-state index in [9.17, 15) is 9.90 Å². The van der Waals surface area contributed by atoms with Gasteiger partial charge in [0, 0.05) is 38.2 Å². The van der Waals surface area contributed by atoms with E-state index < -0.39 is 0 Å². The molecule has 0 saturated carbocycles. The number of ketones is 1. The van der Waals surface area contributed by atoms with Gasteiger partial charge in [-0.1, -0.05) is 34.1 Å². The molecule has 3 N–H and O–H groups in total. The average Bonchev–Trinajstić information content (AvgIpc) is 2.16. The Kier molecular flexibility index (Phi) is 13.7. The van der Waals surface area contributed by atoms with Crippen molar-refractivity contribution in [3.8, 4) is 0 Å². The molecule has 0 atom stereocenters. The van der Waals surface area contributed by atoms with Crippen molar-refractivity contribution in [3.05, 3.63) is 11.8 Å². The molecular formula is C15H31O3Zr+. The van der Waals surface area contributed by atoms with Gasteiger partial charge in [0.2, 0.25) is 0 Å². The van der Waals surface area contributed by atoms with E-state index >= 15 is 0 Å². The molecule has 0 fully saturated rings. The summed E-state index contributed by atoms with van der Waals surface area (Å²) in [7, 11) is 0. The molecule has 0 heterocycles. The minimum absolute atomic E-state index is 0. The minimum Gasteiger partial charge on any atom is -0.511 e. The average molecular weight is 351 g/mol. The molecule has 0 aliphatic carbocycles. The van der Waals surface area contributed by atoms with Gasteiger partial charge in [-0.3, -0.25) is 4.79 Å². The van der Waals surface area contributed by atoms with Crippen LogP contribution in [0.2, 0.25) is 0 Å². The molecule has 0 amide bonds. The third-order valence-corrected chi connectivity index (χ3v) is 2.32. The quantitative estimate of drug-likeness (QED) is 0.461. The summed E-state index contributed by atoms with van der Waals surface area (Å²) in [5.74, 6) is 0.417. The van der Waals surface area contributed by atoms with Crippen LogP contribution in [0.1, 0.15) is 61.3 Å². The largest absolute Gasteiger partial charge is 0.511 e. The second kappa shape index (κ2) is 10.8. The first-order valence-corrected chi connectivity index (χ1v) is 6.55. The van der Waals surface area contributed by atoms with Crippen molar-refractivity contribution in [1.29, 1.82) is 0 Å². The second-order valence-corrected chi connectivity index (χ2v) is 6.49. The maximum absolute atomic E-state index is 9.60. The predicted octanol–water partition coefficient (Wildman–Crippen LogP) is 3.84. The van der Waals surface area contributed by atoms with Crippen LogP contribution >= 0.6 is 0 Å². The monoisotopic (exact) mass is 349 g/mol. The number of unbranched alkanes of at least 4 members (excludes halogenated alkanes) is 1. The van der Waals surface area contributed by atoms with Crippen LogP contribution in [0.3, 0.4) is 0 Å². The summed E-state index contributed by atoms with van der Waals surface area (Å²) >= 11 is 0. The summed E-state index contributed by atoms with van der Waals surface area (Å²) in [5.41, 5.74) is -0.613. The number of hydrogen-bond acceptors (Lipinski definition) is 2. The first kappa shape index (κ1) is 24.1. The smallest absolute Gasteiger partial charge is 0.325 e. The molecule has 112 valence electrons. The van der Waals surface area contributed by atoms with Crippen molar-refractivity contribution in [2.75, 3.05) is 6.61 Å². The molecule has 0 radical (unpaired) electrons. The summed E-state index contributed by atoms with van der Waals surface area (Å²) in [6, 6.07) is 0. The topological polar surface area (TPSA) is 61.9 Å². The van der Waals surface area contributed by atoms with Gasteiger partial charge < -0.3 is 10.2 Å². The van der Waals surface area contributed by atoms with Gasteiger partial charge in [0.15, 0.2) is 0 Å². The summed E-state index contributed by atoms with van der Waals surface area (Å²) in [6.07, 6.45) is 3.48. The van der Waals surface area contributed by atoms with Crippen LogP contribution in [0.4, 0.5) is 0 Å². The Bertz CT molecular complexity index is 268. The number of allylic oxidation sites excluding steroid dienone is 2. The molecule has 0 spiro atoms. The van der Waals surface area contributed by atoms with Crippen molar-refractivity contribution in [1.82, 2.24) is 0 Å². The van der Waals surface area contributed by atoms with Crippen LogP contribution in [-0.4, -0.2) is 27.4 Å². The van der Waals surface area contributed by atoms with Crippen LogP contribution < -0.4 is 0 Å². The fraction of sp³-hybridized carbons (Fsp3) is 0.800. The fourth-order valence-electron chi connectivity index (χ4n) is 0.721. The minimum atomic E-state index is -0.306. The van der Waals surface area contributed by atoms with E-state index in [4.69, 9.17) is 5.11 Å². The Morgan fingerprint density at radius 3 is 1.63 bits per heavy atom. The number of aliphatic hydroxyl groups is 2. The summed E-state index contributed by atoms with van der Waals surface area (Å²) in [4.78, 5) is 9.60. The summed E-state index contributed by atoms with van der Waals surface area (Å²) in [5, 5.41) is 17.7. The number of hydrogen-bond donors (Lipinski definition) is 2. The van der Waals surface area contributed by atoms with E-state index in [0.29, 0.717) is 6.61 Å². The standard InChI is InChI=1S/C11H20O2.C4H10O.Zr/c1-10(2,3)8(12)7-9(13)11(4,5)6;1-2-3-4-5;/h7,12H,1-6H3;5H,2-4H2,1H3;/p+1/b8-7-;;. The van der Waals surface area contributed by atoms with E-state index in [1.807, 2.05) is 41.5 Å². The fourth-order valence-corrected chi connectivity index (χ4v) is 0.721. The Balaban J connectivity index is -0.000000366. The molecule has 0 saturated heterocycles. The van der Waals surface area contributed by atoms with Gasteiger partial charge in [-0.25, -0.2) is 0 Å². The molecule has 0 aliphatic heterocycles. The van der Waals surface area contributed by atoms with Crippen LogP contribution in [0.15, 0.2) is 11.8 Å². The number of aliphatic hydroxyl groups excluding tert-OH is 2. The predicted molar refractivity (Wildman–Crippen MR) is 78.6 cm³/mol. The number of rotatable bonds is 3. The first-order chi connectivity index (χ1) is 7.96. The zero-order valence-corrected chi connectivity index (χ0v) is 16.0. The van der Waals surface area contributed by atoms with Crippen molar-refractivity contribution in [3.63, 3.8) is 0 Å². The van der Waals surface area contributed by atoms with Gasteiger partial charge in [-0.2, -0.15) is 0 Å². The Morgan fingerprint density at radius 2 is 1.47 bits per heavy atom. The number of carbonyl (C=O) groups excluding carboxylic acids is 1. The van der Waals surface area contributed by atoms with E-state index in [0.717, 1.165) is 12.8 Å². The SMILES string of the molecule is CC(C)(C)C(=[OH+])/C=C(\O)C(C)(C)C.CCCCO.[Zr]. The van der Waals surface area contributed by atoms with Crippen molar-refractivity contribution >= 4 is 5.78 Å². The summed E-state index contributed by atoms with van der Waals surface area (Å²) < 4.78 is 0. The van der Waals surface area contributed by atoms with Crippen LogP contribution in [0, 0.1) is 10.8 Å². The van der Waals surface area contributed by atoms with Crippen molar-refractivity contribution in [2.45, 2.75) is 61.3 Å². The normalized spacial score (nSPS) is 12.1. The van der Waals surface area contributed by atoms with E-state index in [1.165, 1.54) is 6.08 Å². The Morgan fingerprint density at radius 1 is 1.05 bits per heavy atom. The molecule has 4 heteroatoms. The Labute approximate surface area is 137 Å². The molecule has 0 bridgehead atoms. The summed E-state index contributed by atoms with van der Waals surface area (Å²) in [6.45, 7) is 13.8. The van der Waals surface area contributed by atoms with Crippen molar-refractivity contribution in [2.24, 2.45) is 10.8 Å². The van der Waals surface area contributed by atoms with Gasteiger partial charge in [-0.15, -0.1) is 0 Å². The second-order valence-electron chi connectivity index (χ2n) is 6.49. The maximum Gasteiger partial charge on any atom is 0.325 e. The van der Waals surface area contributed by atoms with Crippen LogP contribution in [0.25, 0.3) is 0 Å². The van der Waals surface area contributed by atoms with Crippen LogP contribution in [-0.2, 0) is 26.2 Å². The van der Waals surface area contributed by atoms with Gasteiger partial charge in [0.05, 0.1) is 11.5 Å². The van der Waals surface area contributed by atoms with E-state index in [2.05, 4.69) is 6.92 Å². The molecule has 0 aromatic rings. The third kappa shape index (κ3) is 14.3. The van der Waals surface area contributed by atoms with Gasteiger partial charge in [-0.05, 0) is 27.2 Å². The maximum atomic E-state index is 9.60. The van der Waals surface area contributed by atoms with Crippen molar-refractivity contribution < 1.29 is 41.2 Å². The molecule has 0 rings (SSSR count). The zero-order chi connectivity index (χ0) is 15.0. The van der Waals surface area contributed by atoms with Gasteiger partial charge in [0.1, 0.15) is 5.76 Å². The first-order valence-electron chi connectivity index (χ1n) is 6.55. The van der Waals surface area contributed by atoms with Crippen LogP contribution in [0.5, 0.6) is 0 Å². The molecule has 0 unspecified atom stereocenters. The molecule has 0 aromatic heterocycles. The third-order valence-electron chi connectivity index (χ3n) is 2.32. The molecule has 0 aromatic carbocycles. The van der Waals surface area contributed by atoms with E-state index in [1.54, 1.807) is 0 Å². The van der Waals surface area contributed by atoms with E-state index in [-0.39, 0.29) is 48.6 Å². The molecule has 0 aliphatic rings.